The van der Waals surface area contributed by atoms with Crippen LogP contribution in [0.1, 0.15) is 6.92 Å². The molecule has 0 bridgehead atoms. The first-order valence-electron chi connectivity index (χ1n) is 4.91. The molecule has 2 aromatic rings. The minimum atomic E-state index is -0.596. The maximum atomic E-state index is 11.0. The monoisotopic (exact) mass is 233 g/mol. The second-order valence-corrected chi connectivity index (χ2v) is 3.88. The summed E-state index contributed by atoms with van der Waals surface area (Å²) in [6.07, 6.45) is 1.06. The van der Waals surface area contributed by atoms with Crippen LogP contribution in [-0.2, 0) is 4.79 Å². The van der Waals surface area contributed by atoms with Gasteiger partial charge in [-0.05, 0) is 24.4 Å². The topological polar surface area (TPSA) is 39.2 Å². The summed E-state index contributed by atoms with van der Waals surface area (Å²) in [6, 6.07) is 9.63. The average Bonchev–Trinajstić information content (AvgIpc) is 2.29. The lowest BCUT2D eigenvalue weighted by Crippen LogP contribution is -2.19. The van der Waals surface area contributed by atoms with E-state index in [1.807, 2.05) is 30.3 Å². The third kappa shape index (κ3) is 2.17. The number of carbonyl (C=O) groups is 1. The van der Waals surface area contributed by atoms with Crippen molar-refractivity contribution < 1.29 is 9.53 Å². The van der Waals surface area contributed by atoms with Crippen molar-refractivity contribution in [1.29, 1.82) is 0 Å². The van der Waals surface area contributed by atoms with Crippen LogP contribution in [0.4, 0.5) is 0 Å². The number of fused-ring (bicyclic) bond motifs is 1. The highest BCUT2D eigenvalue weighted by atomic mass is 32.1. The molecule has 1 heterocycles. The average molecular weight is 233 g/mol. The largest absolute Gasteiger partial charge is 0.465 e. The first-order valence-corrected chi connectivity index (χ1v) is 5.36. The van der Waals surface area contributed by atoms with Gasteiger partial charge in [0.1, 0.15) is 0 Å². The van der Waals surface area contributed by atoms with Crippen molar-refractivity contribution in [1.82, 2.24) is 4.98 Å². The summed E-state index contributed by atoms with van der Waals surface area (Å²) in [7, 11) is 0. The van der Waals surface area contributed by atoms with Crippen LogP contribution >= 0.6 is 12.6 Å². The Morgan fingerprint density at radius 3 is 2.88 bits per heavy atom. The summed E-state index contributed by atoms with van der Waals surface area (Å²) in [5.74, 6) is 0.466. The van der Waals surface area contributed by atoms with E-state index >= 15 is 0 Å². The number of hydrogen-bond acceptors (Lipinski definition) is 3. The van der Waals surface area contributed by atoms with E-state index in [2.05, 4.69) is 17.6 Å². The molecule has 0 N–H and O–H groups in total. The smallest absolute Gasteiger partial charge is 0.226 e. The van der Waals surface area contributed by atoms with Gasteiger partial charge in [-0.25, -0.2) is 4.98 Å². The fourth-order valence-corrected chi connectivity index (χ4v) is 1.46. The molecule has 0 spiro atoms. The number of pyridine rings is 1. The molecule has 0 aliphatic rings. The lowest BCUT2D eigenvalue weighted by Gasteiger charge is -2.11. The Balaban J connectivity index is 2.41. The second-order valence-electron chi connectivity index (χ2n) is 3.44. The Bertz CT molecular complexity index is 522. The van der Waals surface area contributed by atoms with Crippen LogP contribution in [-0.4, -0.2) is 16.2 Å². The van der Waals surface area contributed by atoms with Crippen LogP contribution in [0.5, 0.6) is 5.88 Å². The molecule has 0 saturated carbocycles. The Morgan fingerprint density at radius 2 is 2.12 bits per heavy atom. The quantitative estimate of drug-likeness (QED) is 0.828. The minimum absolute atomic E-state index is 0.310. The summed E-state index contributed by atoms with van der Waals surface area (Å²) in [4.78, 5) is 15.1. The predicted molar refractivity (Wildman–Crippen MR) is 65.8 cm³/mol. The number of ether oxygens (including phenoxy) is 1. The summed E-state index contributed by atoms with van der Waals surface area (Å²) in [6.45, 7) is 1.65. The van der Waals surface area contributed by atoms with E-state index in [1.54, 1.807) is 13.1 Å². The molecule has 1 atom stereocenters. The number of benzene rings is 1. The van der Waals surface area contributed by atoms with Crippen LogP contribution in [0.15, 0.2) is 36.5 Å². The number of carbonyl (C=O) groups excluding carboxylic acids is 1. The van der Waals surface area contributed by atoms with Crippen LogP contribution < -0.4 is 4.74 Å². The SMILES string of the molecule is CC(Oc1nccc2ccccc12)C(=O)S. The molecule has 0 aliphatic carbocycles. The van der Waals surface area contributed by atoms with E-state index in [9.17, 15) is 4.79 Å². The molecule has 0 aliphatic heterocycles. The molecule has 4 heteroatoms. The maximum absolute atomic E-state index is 11.0. The van der Waals surface area contributed by atoms with Gasteiger partial charge in [0.25, 0.3) is 0 Å². The molecule has 1 aromatic heterocycles. The number of rotatable bonds is 3. The summed E-state index contributed by atoms with van der Waals surface area (Å²) in [5, 5.41) is 1.62. The zero-order valence-electron chi connectivity index (χ0n) is 8.75. The van der Waals surface area contributed by atoms with Crippen LogP contribution in [0.25, 0.3) is 10.8 Å². The van der Waals surface area contributed by atoms with Gasteiger partial charge in [0.15, 0.2) is 6.10 Å². The van der Waals surface area contributed by atoms with Crippen molar-refractivity contribution in [2.45, 2.75) is 13.0 Å². The predicted octanol–water partition coefficient (Wildman–Crippen LogP) is 2.46. The molecule has 1 aromatic carbocycles. The summed E-state index contributed by atoms with van der Waals surface area (Å²) >= 11 is 3.73. The summed E-state index contributed by atoms with van der Waals surface area (Å²) < 4.78 is 5.45. The first-order chi connectivity index (χ1) is 7.68. The zero-order valence-corrected chi connectivity index (χ0v) is 9.65. The van der Waals surface area contributed by atoms with Gasteiger partial charge in [-0.15, -0.1) is 12.6 Å². The fraction of sp³-hybridized carbons (Fsp3) is 0.167. The lowest BCUT2D eigenvalue weighted by atomic mass is 10.2. The molecule has 2 rings (SSSR count). The third-order valence-electron chi connectivity index (χ3n) is 2.27. The highest BCUT2D eigenvalue weighted by Gasteiger charge is 2.12. The molecule has 0 fully saturated rings. The van der Waals surface area contributed by atoms with Crippen molar-refractivity contribution >= 4 is 28.5 Å². The third-order valence-corrected chi connectivity index (χ3v) is 2.64. The molecule has 1 unspecified atom stereocenters. The molecule has 16 heavy (non-hydrogen) atoms. The molecule has 0 radical (unpaired) electrons. The standard InChI is InChI=1S/C12H11NO2S/c1-8(12(14)16)15-11-10-5-3-2-4-9(10)6-7-13-11/h2-8H,1H3,(H,14,16). The number of nitrogens with zero attached hydrogens (tertiary/aromatic N) is 1. The van der Waals surface area contributed by atoms with Gasteiger partial charge < -0.3 is 4.74 Å². The zero-order chi connectivity index (χ0) is 11.5. The first kappa shape index (κ1) is 11.0. The Morgan fingerprint density at radius 1 is 1.38 bits per heavy atom. The summed E-state index contributed by atoms with van der Waals surface area (Å²) in [5.41, 5.74) is 0. The van der Waals surface area contributed by atoms with Gasteiger partial charge in [-0.1, -0.05) is 18.2 Å². The van der Waals surface area contributed by atoms with Gasteiger partial charge in [-0.3, -0.25) is 4.79 Å². The van der Waals surface area contributed by atoms with Gasteiger partial charge in [-0.2, -0.15) is 0 Å². The van der Waals surface area contributed by atoms with Crippen LogP contribution in [0.2, 0.25) is 0 Å². The van der Waals surface area contributed by atoms with Crippen molar-refractivity contribution in [2.24, 2.45) is 0 Å². The van der Waals surface area contributed by atoms with Gasteiger partial charge in [0, 0.05) is 11.6 Å². The minimum Gasteiger partial charge on any atom is -0.465 e. The van der Waals surface area contributed by atoms with E-state index in [0.29, 0.717) is 5.88 Å². The van der Waals surface area contributed by atoms with Crippen LogP contribution in [0, 0.1) is 0 Å². The normalized spacial score (nSPS) is 12.4. The molecule has 82 valence electrons. The lowest BCUT2D eigenvalue weighted by molar-refractivity contribution is -0.116. The van der Waals surface area contributed by atoms with Gasteiger partial charge >= 0.3 is 0 Å². The second kappa shape index (κ2) is 4.53. The fourth-order valence-electron chi connectivity index (χ4n) is 1.40. The number of aromatic nitrogens is 1. The van der Waals surface area contributed by atoms with E-state index in [-0.39, 0.29) is 5.12 Å². The molecular formula is C12H11NO2S. The van der Waals surface area contributed by atoms with Crippen molar-refractivity contribution in [2.75, 3.05) is 0 Å². The molecular weight excluding hydrogens is 222 g/mol. The Hall–Kier alpha value is -1.55. The van der Waals surface area contributed by atoms with Crippen molar-refractivity contribution in [3.05, 3.63) is 36.5 Å². The highest BCUT2D eigenvalue weighted by molar-refractivity contribution is 7.96. The van der Waals surface area contributed by atoms with E-state index in [0.717, 1.165) is 10.8 Å². The number of thiol groups is 1. The maximum Gasteiger partial charge on any atom is 0.226 e. The Labute approximate surface area is 98.9 Å². The van der Waals surface area contributed by atoms with Crippen LogP contribution in [0.3, 0.4) is 0 Å². The molecule has 0 saturated heterocycles. The van der Waals surface area contributed by atoms with E-state index < -0.39 is 6.10 Å². The van der Waals surface area contributed by atoms with Gasteiger partial charge in [0.05, 0.1) is 0 Å². The number of hydrogen-bond donors (Lipinski definition) is 1. The van der Waals surface area contributed by atoms with Crippen molar-refractivity contribution in [3.63, 3.8) is 0 Å². The molecule has 3 nitrogen and oxygen atoms in total. The van der Waals surface area contributed by atoms with E-state index in [4.69, 9.17) is 4.74 Å². The molecule has 0 amide bonds. The Kier molecular flexibility index (Phi) is 3.10. The van der Waals surface area contributed by atoms with Crippen molar-refractivity contribution in [3.8, 4) is 5.88 Å². The van der Waals surface area contributed by atoms with Gasteiger partial charge in [0.2, 0.25) is 11.0 Å². The van der Waals surface area contributed by atoms with E-state index in [1.165, 1.54) is 0 Å². The highest BCUT2D eigenvalue weighted by Crippen LogP contribution is 2.23.